The summed E-state index contributed by atoms with van der Waals surface area (Å²) in [6.07, 6.45) is 0.788. The van der Waals surface area contributed by atoms with Crippen LogP contribution in [0.3, 0.4) is 0 Å². The predicted molar refractivity (Wildman–Crippen MR) is 60.1 cm³/mol. The quantitative estimate of drug-likeness (QED) is 0.796. The molecular formula is C11H12ClNO2. The van der Waals surface area contributed by atoms with Crippen molar-refractivity contribution in [3.63, 3.8) is 0 Å². The Hall–Kier alpha value is -1.06. The molecule has 0 fully saturated rings. The van der Waals surface area contributed by atoms with E-state index >= 15 is 0 Å². The van der Waals surface area contributed by atoms with Crippen LogP contribution in [0.15, 0.2) is 23.4 Å². The van der Waals surface area contributed by atoms with Crippen LogP contribution in [-0.2, 0) is 10.7 Å². The van der Waals surface area contributed by atoms with Crippen LogP contribution in [0.25, 0.3) is 11.1 Å². The number of benzene rings is 1. The number of halogens is 1. The van der Waals surface area contributed by atoms with Gasteiger partial charge in [0.15, 0.2) is 0 Å². The molecule has 0 saturated carbocycles. The summed E-state index contributed by atoms with van der Waals surface area (Å²) in [5, 5.41) is 11.9. The van der Waals surface area contributed by atoms with Crippen molar-refractivity contribution >= 4 is 17.3 Å². The molecule has 0 bridgehead atoms. The lowest BCUT2D eigenvalue weighted by Gasteiger charge is -2.18. The van der Waals surface area contributed by atoms with Gasteiger partial charge in [0.25, 0.3) is 0 Å². The van der Waals surface area contributed by atoms with Crippen molar-refractivity contribution in [2.45, 2.75) is 12.3 Å². The molecule has 0 aromatic rings. The van der Waals surface area contributed by atoms with E-state index in [0.717, 1.165) is 12.1 Å². The van der Waals surface area contributed by atoms with Crippen LogP contribution in [0.1, 0.15) is 12.0 Å². The lowest BCUT2D eigenvalue weighted by molar-refractivity contribution is 0.173. The molecule has 1 heterocycles. The van der Waals surface area contributed by atoms with Crippen LogP contribution >= 0.6 is 11.6 Å². The van der Waals surface area contributed by atoms with E-state index in [2.05, 4.69) is 28.2 Å². The lowest BCUT2D eigenvalue weighted by atomic mass is 9.88. The molecule has 0 amide bonds. The normalized spacial score (nSPS) is 14.9. The van der Waals surface area contributed by atoms with Crippen LogP contribution in [0.4, 0.5) is 0 Å². The highest BCUT2D eigenvalue weighted by atomic mass is 35.5. The van der Waals surface area contributed by atoms with Gasteiger partial charge in [-0.1, -0.05) is 17.3 Å². The van der Waals surface area contributed by atoms with Crippen LogP contribution in [0.2, 0.25) is 0 Å². The molecule has 0 atom stereocenters. The summed E-state index contributed by atoms with van der Waals surface area (Å²) in [5.41, 5.74) is 4.80. The van der Waals surface area contributed by atoms with Crippen molar-refractivity contribution in [3.05, 3.63) is 23.8 Å². The molecule has 1 aliphatic heterocycles. The largest absolute Gasteiger partial charge is 0.395 e. The minimum Gasteiger partial charge on any atom is -0.395 e. The Balaban J connectivity index is 0.000000115. The second kappa shape index (κ2) is 4.64. The molecule has 2 aliphatic carbocycles. The SMILES string of the molecule is ClCc1cc2ccc1-2.OCC1=NOCC1. The van der Waals surface area contributed by atoms with Crippen LogP contribution in [0, 0.1) is 0 Å². The Kier molecular flexibility index (Phi) is 3.23. The number of rotatable bonds is 2. The Labute approximate surface area is 93.3 Å². The first-order valence-electron chi connectivity index (χ1n) is 4.83. The van der Waals surface area contributed by atoms with E-state index in [0.29, 0.717) is 12.5 Å². The van der Waals surface area contributed by atoms with Gasteiger partial charge in [0.2, 0.25) is 0 Å². The van der Waals surface area contributed by atoms with Crippen molar-refractivity contribution in [1.29, 1.82) is 0 Å². The third kappa shape index (κ3) is 2.13. The third-order valence-electron chi connectivity index (χ3n) is 2.42. The van der Waals surface area contributed by atoms with E-state index < -0.39 is 0 Å². The highest BCUT2D eigenvalue weighted by molar-refractivity contribution is 6.18. The monoisotopic (exact) mass is 225 g/mol. The molecule has 0 spiro atoms. The molecular weight excluding hydrogens is 214 g/mol. The average molecular weight is 226 g/mol. The smallest absolute Gasteiger partial charge is 0.122 e. The van der Waals surface area contributed by atoms with Gasteiger partial charge < -0.3 is 9.94 Å². The van der Waals surface area contributed by atoms with E-state index in [1.807, 2.05) is 0 Å². The van der Waals surface area contributed by atoms with Gasteiger partial charge in [-0.2, -0.15) is 0 Å². The van der Waals surface area contributed by atoms with Gasteiger partial charge in [-0.15, -0.1) is 11.6 Å². The minimum atomic E-state index is 0.0417. The Morgan fingerprint density at radius 3 is 2.53 bits per heavy atom. The van der Waals surface area contributed by atoms with Gasteiger partial charge in [0.05, 0.1) is 12.3 Å². The molecule has 0 radical (unpaired) electrons. The zero-order valence-electron chi connectivity index (χ0n) is 8.24. The van der Waals surface area contributed by atoms with Crippen molar-refractivity contribution in [2.24, 2.45) is 5.16 Å². The standard InChI is InChI=1S/C7H5Cl.C4H7NO2/c8-4-6-3-5-1-2-7(5)6;6-3-4-1-2-7-5-4/h1-3H,4H2;6H,1-3H2. The molecule has 0 aromatic heterocycles. The molecule has 15 heavy (non-hydrogen) atoms. The van der Waals surface area contributed by atoms with E-state index in [1.165, 1.54) is 16.7 Å². The van der Waals surface area contributed by atoms with E-state index in [-0.39, 0.29) is 6.61 Å². The number of fused-ring (bicyclic) bond motifs is 1. The van der Waals surface area contributed by atoms with Gasteiger partial charge in [-0.3, -0.25) is 0 Å². The summed E-state index contributed by atoms with van der Waals surface area (Å²) >= 11 is 5.56. The van der Waals surface area contributed by atoms with Gasteiger partial charge in [-0.05, 0) is 22.8 Å². The Morgan fingerprint density at radius 2 is 2.33 bits per heavy atom. The van der Waals surface area contributed by atoms with Gasteiger partial charge in [0, 0.05) is 12.3 Å². The molecule has 3 rings (SSSR count). The fraction of sp³-hybridized carbons (Fsp3) is 0.364. The summed E-state index contributed by atoms with van der Waals surface area (Å²) in [6, 6.07) is 6.33. The number of hydrogen-bond acceptors (Lipinski definition) is 3. The lowest BCUT2D eigenvalue weighted by Crippen LogP contribution is -1.98. The van der Waals surface area contributed by atoms with Gasteiger partial charge in [0.1, 0.15) is 6.61 Å². The summed E-state index contributed by atoms with van der Waals surface area (Å²) in [5.74, 6) is 0.670. The highest BCUT2D eigenvalue weighted by Crippen LogP contribution is 2.36. The zero-order valence-corrected chi connectivity index (χ0v) is 9.00. The number of nitrogens with zero attached hydrogens (tertiary/aromatic N) is 1. The maximum absolute atomic E-state index is 8.36. The van der Waals surface area contributed by atoms with Crippen molar-refractivity contribution in [3.8, 4) is 11.1 Å². The van der Waals surface area contributed by atoms with E-state index in [1.54, 1.807) is 0 Å². The van der Waals surface area contributed by atoms with Crippen molar-refractivity contribution < 1.29 is 9.94 Å². The summed E-state index contributed by atoms with van der Waals surface area (Å²) < 4.78 is 0. The van der Waals surface area contributed by atoms with Crippen LogP contribution in [-0.4, -0.2) is 24.0 Å². The van der Waals surface area contributed by atoms with Crippen LogP contribution < -0.4 is 0 Å². The molecule has 3 aliphatic rings. The number of oxime groups is 1. The fourth-order valence-corrected chi connectivity index (χ4v) is 1.65. The minimum absolute atomic E-state index is 0.0417. The van der Waals surface area contributed by atoms with Gasteiger partial charge in [-0.25, -0.2) is 0 Å². The van der Waals surface area contributed by atoms with Gasteiger partial charge >= 0.3 is 0 Å². The number of hydrogen-bond donors (Lipinski definition) is 1. The molecule has 0 unspecified atom stereocenters. The topological polar surface area (TPSA) is 41.8 Å². The molecule has 1 N–H and O–H groups in total. The Morgan fingerprint density at radius 1 is 1.47 bits per heavy atom. The Bertz CT molecular complexity index is 390. The van der Waals surface area contributed by atoms with Crippen molar-refractivity contribution in [2.75, 3.05) is 13.2 Å². The fourth-order valence-electron chi connectivity index (χ4n) is 1.43. The predicted octanol–water partition coefficient (Wildman–Crippen LogP) is 2.16. The maximum atomic E-state index is 8.36. The number of aliphatic hydroxyl groups excluding tert-OH is 1. The first-order valence-corrected chi connectivity index (χ1v) is 5.36. The van der Waals surface area contributed by atoms with E-state index in [4.69, 9.17) is 16.7 Å². The van der Waals surface area contributed by atoms with Crippen LogP contribution in [0.5, 0.6) is 0 Å². The molecule has 4 heteroatoms. The van der Waals surface area contributed by atoms with Crippen molar-refractivity contribution in [1.82, 2.24) is 0 Å². The first kappa shape index (κ1) is 10.5. The molecule has 80 valence electrons. The summed E-state index contributed by atoms with van der Waals surface area (Å²) in [7, 11) is 0. The van der Waals surface area contributed by atoms with E-state index in [9.17, 15) is 0 Å². The number of alkyl halides is 1. The second-order valence-electron chi connectivity index (χ2n) is 3.40. The average Bonchev–Trinajstić information content (AvgIpc) is 2.75. The second-order valence-corrected chi connectivity index (χ2v) is 3.67. The third-order valence-corrected chi connectivity index (χ3v) is 2.71. The maximum Gasteiger partial charge on any atom is 0.122 e. The zero-order chi connectivity index (χ0) is 10.7. The number of aliphatic hydroxyl groups is 1. The molecule has 0 saturated heterocycles. The highest BCUT2D eigenvalue weighted by Gasteiger charge is 2.14. The first-order chi connectivity index (χ1) is 7.35. The summed E-state index contributed by atoms with van der Waals surface area (Å²) in [4.78, 5) is 4.58. The summed E-state index contributed by atoms with van der Waals surface area (Å²) in [6.45, 7) is 0.676. The molecule has 3 nitrogen and oxygen atoms in total. The molecule has 0 aromatic carbocycles.